The fourth-order valence-electron chi connectivity index (χ4n) is 3.10. The van der Waals surface area contributed by atoms with Gasteiger partial charge in [0.2, 0.25) is 0 Å². The van der Waals surface area contributed by atoms with Crippen molar-refractivity contribution in [2.45, 2.75) is 91.1 Å². The lowest BCUT2D eigenvalue weighted by Gasteiger charge is -2.25. The number of aryl methyl sites for hydroxylation is 1. The van der Waals surface area contributed by atoms with Gasteiger partial charge in [0, 0.05) is 7.05 Å². The van der Waals surface area contributed by atoms with Crippen LogP contribution in [0.1, 0.15) is 84.6 Å². The normalized spacial score (nSPS) is 10.9. The molecular formula is C26H41NO2. The van der Waals surface area contributed by atoms with E-state index in [1.54, 1.807) is 11.9 Å². The van der Waals surface area contributed by atoms with Crippen LogP contribution < -0.4 is 0 Å². The van der Waals surface area contributed by atoms with Gasteiger partial charge in [-0.1, -0.05) is 62.9 Å². The van der Waals surface area contributed by atoms with Crippen LogP contribution in [0, 0.1) is 0 Å². The van der Waals surface area contributed by atoms with Gasteiger partial charge >= 0.3 is 6.09 Å². The minimum absolute atomic E-state index is 0.278. The topological polar surface area (TPSA) is 29.5 Å². The summed E-state index contributed by atoms with van der Waals surface area (Å²) in [6.07, 6.45) is 12.4. The molecular weight excluding hydrogens is 358 g/mol. The van der Waals surface area contributed by atoms with Crippen LogP contribution in [0.4, 0.5) is 4.79 Å². The fraction of sp³-hybridized carbons (Fsp3) is 0.615. The van der Waals surface area contributed by atoms with Crippen LogP contribution in [0.15, 0.2) is 47.7 Å². The minimum atomic E-state index is -0.475. The number of amides is 1. The number of carbonyl (C=O) groups is 1. The molecule has 0 bridgehead atoms. The van der Waals surface area contributed by atoms with Gasteiger partial charge in [-0.15, -0.1) is 5.73 Å². The van der Waals surface area contributed by atoms with E-state index >= 15 is 0 Å². The first-order valence-electron chi connectivity index (χ1n) is 11.2. The van der Waals surface area contributed by atoms with Crippen LogP contribution in [-0.4, -0.2) is 30.2 Å². The first kappa shape index (κ1) is 25.0. The molecule has 0 unspecified atom stereocenters. The van der Waals surface area contributed by atoms with Gasteiger partial charge in [0.15, 0.2) is 0 Å². The summed E-state index contributed by atoms with van der Waals surface area (Å²) in [6, 6.07) is 10.6. The van der Waals surface area contributed by atoms with E-state index in [4.69, 9.17) is 4.74 Å². The van der Waals surface area contributed by atoms with Crippen LogP contribution in [0.5, 0.6) is 0 Å². The molecule has 0 aliphatic heterocycles. The molecule has 1 amide bonds. The Morgan fingerprint density at radius 1 is 1.07 bits per heavy atom. The van der Waals surface area contributed by atoms with E-state index in [1.165, 1.54) is 43.2 Å². The molecule has 0 aliphatic rings. The fourth-order valence-corrected chi connectivity index (χ4v) is 3.10. The molecule has 0 fully saturated rings. The van der Waals surface area contributed by atoms with Crippen LogP contribution in [0.3, 0.4) is 0 Å². The van der Waals surface area contributed by atoms with Gasteiger partial charge in [-0.2, -0.15) is 0 Å². The third-order valence-electron chi connectivity index (χ3n) is 4.68. The van der Waals surface area contributed by atoms with Crippen molar-refractivity contribution in [1.82, 2.24) is 4.90 Å². The van der Waals surface area contributed by atoms with Gasteiger partial charge in [0.25, 0.3) is 0 Å². The Hall–Kier alpha value is -1.99. The number of ether oxygens (including phenoxy) is 1. The Morgan fingerprint density at radius 3 is 2.41 bits per heavy atom. The van der Waals surface area contributed by atoms with Gasteiger partial charge in [0.1, 0.15) is 5.60 Å². The molecule has 0 spiro atoms. The van der Waals surface area contributed by atoms with E-state index in [-0.39, 0.29) is 6.09 Å². The van der Waals surface area contributed by atoms with E-state index in [9.17, 15) is 4.79 Å². The van der Waals surface area contributed by atoms with Crippen molar-refractivity contribution < 1.29 is 9.53 Å². The average Bonchev–Trinajstić information content (AvgIpc) is 2.66. The van der Waals surface area contributed by atoms with E-state index in [0.29, 0.717) is 6.54 Å². The van der Waals surface area contributed by atoms with Crippen LogP contribution >= 0.6 is 0 Å². The summed E-state index contributed by atoms with van der Waals surface area (Å²) in [6.45, 7) is 8.50. The zero-order chi connectivity index (χ0) is 21.5. The molecule has 1 aromatic rings. The Labute approximate surface area is 178 Å². The number of likely N-dealkylation sites (N-methyl/N-ethyl adjacent to an activating group) is 1. The van der Waals surface area contributed by atoms with E-state index in [2.05, 4.69) is 43.0 Å². The SMILES string of the molecule is CCCCCCCC=C=C(CCCc1ccccc1)CN(C)C(=O)OC(C)(C)C. The number of nitrogens with zero attached hydrogens (tertiary/aromatic N) is 1. The highest BCUT2D eigenvalue weighted by molar-refractivity contribution is 5.68. The highest BCUT2D eigenvalue weighted by Crippen LogP contribution is 2.14. The lowest BCUT2D eigenvalue weighted by molar-refractivity contribution is 0.0312. The molecule has 0 saturated carbocycles. The van der Waals surface area contributed by atoms with E-state index in [1.807, 2.05) is 26.8 Å². The summed E-state index contributed by atoms with van der Waals surface area (Å²) in [4.78, 5) is 14.0. The minimum Gasteiger partial charge on any atom is -0.444 e. The summed E-state index contributed by atoms with van der Waals surface area (Å²) in [5.41, 5.74) is 5.54. The van der Waals surface area contributed by atoms with Crippen molar-refractivity contribution in [2.24, 2.45) is 0 Å². The molecule has 29 heavy (non-hydrogen) atoms. The van der Waals surface area contributed by atoms with Crippen LogP contribution in [0.25, 0.3) is 0 Å². The maximum Gasteiger partial charge on any atom is 0.410 e. The summed E-state index contributed by atoms with van der Waals surface area (Å²) in [7, 11) is 1.80. The zero-order valence-corrected chi connectivity index (χ0v) is 19.3. The molecule has 0 radical (unpaired) electrons. The smallest absolute Gasteiger partial charge is 0.410 e. The number of carbonyl (C=O) groups excluding carboxylic acids is 1. The monoisotopic (exact) mass is 399 g/mol. The molecule has 1 rings (SSSR count). The number of hydrogen-bond acceptors (Lipinski definition) is 2. The van der Waals surface area contributed by atoms with Crippen molar-refractivity contribution >= 4 is 6.09 Å². The molecule has 0 N–H and O–H groups in total. The predicted octanol–water partition coefficient (Wildman–Crippen LogP) is 7.32. The second kappa shape index (κ2) is 14.1. The van der Waals surface area contributed by atoms with Crippen molar-refractivity contribution in [1.29, 1.82) is 0 Å². The predicted molar refractivity (Wildman–Crippen MR) is 123 cm³/mol. The van der Waals surface area contributed by atoms with Crippen molar-refractivity contribution in [3.63, 3.8) is 0 Å². The lowest BCUT2D eigenvalue weighted by atomic mass is 10.0. The third kappa shape index (κ3) is 13.0. The molecule has 3 heteroatoms. The molecule has 0 heterocycles. The molecule has 0 saturated heterocycles. The second-order valence-electron chi connectivity index (χ2n) is 8.83. The summed E-state index contributed by atoms with van der Waals surface area (Å²) >= 11 is 0. The molecule has 1 aromatic carbocycles. The first-order valence-corrected chi connectivity index (χ1v) is 11.2. The summed E-state index contributed by atoms with van der Waals surface area (Å²) in [5, 5.41) is 0. The van der Waals surface area contributed by atoms with E-state index < -0.39 is 5.60 Å². The Balaban J connectivity index is 2.63. The van der Waals surface area contributed by atoms with Gasteiger partial charge in [-0.05, 0) is 70.1 Å². The lowest BCUT2D eigenvalue weighted by Crippen LogP contribution is -2.35. The van der Waals surface area contributed by atoms with Crippen molar-refractivity contribution in [3.05, 3.63) is 53.3 Å². The Morgan fingerprint density at radius 2 is 1.76 bits per heavy atom. The maximum atomic E-state index is 12.3. The summed E-state index contributed by atoms with van der Waals surface area (Å²) in [5.74, 6) is 0. The standard InChI is InChI=1S/C26H41NO2/c1-6-7-8-9-10-11-13-19-24(21-16-20-23-17-14-12-15-18-23)22-27(5)25(28)29-26(2,3)4/h12-15,17-18H,6-11,16,20-22H2,1-5H3. The molecule has 162 valence electrons. The highest BCUT2D eigenvalue weighted by atomic mass is 16.6. The number of hydrogen-bond donors (Lipinski definition) is 0. The van der Waals surface area contributed by atoms with Crippen LogP contribution in [-0.2, 0) is 11.2 Å². The molecule has 0 atom stereocenters. The third-order valence-corrected chi connectivity index (χ3v) is 4.68. The van der Waals surface area contributed by atoms with E-state index in [0.717, 1.165) is 25.7 Å². The van der Waals surface area contributed by atoms with Crippen molar-refractivity contribution in [2.75, 3.05) is 13.6 Å². The molecule has 0 aromatic heterocycles. The quantitative estimate of drug-likeness (QED) is 0.272. The number of rotatable bonds is 12. The maximum absolute atomic E-state index is 12.3. The van der Waals surface area contributed by atoms with Gasteiger partial charge < -0.3 is 9.64 Å². The van der Waals surface area contributed by atoms with Gasteiger partial charge in [-0.25, -0.2) is 4.79 Å². The van der Waals surface area contributed by atoms with Crippen LogP contribution in [0.2, 0.25) is 0 Å². The second-order valence-corrected chi connectivity index (χ2v) is 8.83. The highest BCUT2D eigenvalue weighted by Gasteiger charge is 2.20. The summed E-state index contributed by atoms with van der Waals surface area (Å²) < 4.78 is 5.49. The Kier molecular flexibility index (Phi) is 12.1. The van der Waals surface area contributed by atoms with Crippen molar-refractivity contribution in [3.8, 4) is 0 Å². The van der Waals surface area contributed by atoms with Gasteiger partial charge in [0.05, 0.1) is 6.54 Å². The molecule has 0 aliphatic carbocycles. The number of benzene rings is 1. The zero-order valence-electron chi connectivity index (χ0n) is 19.3. The molecule has 3 nitrogen and oxygen atoms in total. The van der Waals surface area contributed by atoms with Gasteiger partial charge in [-0.3, -0.25) is 0 Å². The first-order chi connectivity index (χ1) is 13.8. The average molecular weight is 400 g/mol. The number of unbranched alkanes of at least 4 members (excludes halogenated alkanes) is 5. The largest absolute Gasteiger partial charge is 0.444 e. The Bertz CT molecular complexity index is 636.